The molecule has 0 bridgehead atoms. The van der Waals surface area contributed by atoms with E-state index < -0.39 is 0 Å². The van der Waals surface area contributed by atoms with Crippen LogP contribution in [0.15, 0.2) is 83.3 Å². The fraction of sp³-hybridized carbons (Fsp3) is 0.167. The molecule has 2 rings (SSSR count). The Morgan fingerprint density at radius 2 is 0.714 bits per heavy atom. The van der Waals surface area contributed by atoms with Crippen LogP contribution in [0.1, 0.15) is 0 Å². The zero-order valence-electron chi connectivity index (χ0n) is 19.4. The van der Waals surface area contributed by atoms with Crippen molar-refractivity contribution < 1.29 is 42.6 Å². The summed E-state index contributed by atoms with van der Waals surface area (Å²) in [6.07, 6.45) is 10.9. The Balaban J connectivity index is 2.66. The summed E-state index contributed by atoms with van der Waals surface area (Å²) >= 11 is 6.89. The van der Waals surface area contributed by atoms with Crippen molar-refractivity contribution in [2.45, 2.75) is 0 Å². The zero-order valence-corrected chi connectivity index (χ0v) is 22.5. The van der Waals surface area contributed by atoms with E-state index in [0.29, 0.717) is 31.9 Å². The topological polar surface area (TPSA) is 83.1 Å². The fourth-order valence-corrected chi connectivity index (χ4v) is 3.20. The summed E-state index contributed by atoms with van der Waals surface area (Å²) in [5.74, 6) is 1.61. The number of rotatable bonds is 14. The van der Waals surface area contributed by atoms with Crippen LogP contribution in [0.4, 0.5) is 0 Å². The number of ether oxygens (including phenoxy) is 9. The molecule has 0 heterocycles. The van der Waals surface area contributed by atoms with Crippen LogP contribution in [0.5, 0.6) is 34.5 Å². The summed E-state index contributed by atoms with van der Waals surface area (Å²) < 4.78 is 50.2. The maximum Gasteiger partial charge on any atom is 0.212 e. The largest absolute Gasteiger partial charge is 0.501 e. The van der Waals surface area contributed by atoms with E-state index in [1.807, 2.05) is 0 Å². The predicted molar refractivity (Wildman–Crippen MR) is 135 cm³/mol. The Morgan fingerprint density at radius 1 is 0.457 bits per heavy atom. The Labute approximate surface area is 220 Å². The van der Waals surface area contributed by atoms with Crippen molar-refractivity contribution >= 4 is 31.9 Å². The summed E-state index contributed by atoms with van der Waals surface area (Å²) in [4.78, 5) is 0. The molecule has 0 aliphatic carbocycles. The molecular weight excluding hydrogens is 592 g/mol. The van der Waals surface area contributed by atoms with E-state index in [4.69, 9.17) is 42.6 Å². The molecule has 2 aromatic rings. The second-order valence-electron chi connectivity index (χ2n) is 6.07. The molecule has 188 valence electrons. The van der Waals surface area contributed by atoms with E-state index in [1.165, 1.54) is 78.5 Å². The van der Waals surface area contributed by atoms with Gasteiger partial charge in [-0.2, -0.15) is 0 Å². The van der Waals surface area contributed by atoms with Crippen molar-refractivity contribution in [3.05, 3.63) is 83.3 Å². The summed E-state index contributed by atoms with van der Waals surface area (Å²) in [6, 6.07) is 6.77. The molecule has 2 aromatic carbocycles. The second kappa shape index (κ2) is 15.5. The van der Waals surface area contributed by atoms with Gasteiger partial charge in [0.1, 0.15) is 50.1 Å². The highest BCUT2D eigenvalue weighted by Gasteiger charge is 2.22. The van der Waals surface area contributed by atoms with Gasteiger partial charge < -0.3 is 42.6 Å². The molecule has 0 unspecified atom stereocenters. The van der Waals surface area contributed by atoms with Gasteiger partial charge in [0.2, 0.25) is 11.5 Å². The van der Waals surface area contributed by atoms with E-state index in [-0.39, 0.29) is 11.5 Å². The maximum atomic E-state index is 6.30. The van der Waals surface area contributed by atoms with Crippen LogP contribution in [-0.4, -0.2) is 28.4 Å². The van der Waals surface area contributed by atoms with Crippen LogP contribution >= 0.6 is 31.9 Å². The molecule has 0 spiro atoms. The van der Waals surface area contributed by atoms with Gasteiger partial charge in [0.05, 0.1) is 28.4 Å². The number of methoxy groups -OCH3 is 4. The van der Waals surface area contributed by atoms with Gasteiger partial charge in [0.25, 0.3) is 0 Å². The van der Waals surface area contributed by atoms with E-state index in [1.54, 1.807) is 24.3 Å². The van der Waals surface area contributed by atoms with E-state index >= 15 is 0 Å². The van der Waals surface area contributed by atoms with E-state index in [0.717, 1.165) is 0 Å². The van der Waals surface area contributed by atoms with Crippen molar-refractivity contribution in [2.24, 2.45) is 0 Å². The summed E-state index contributed by atoms with van der Waals surface area (Å²) in [5, 5.41) is 0. The number of hydrogen-bond donors (Lipinski definition) is 0. The molecule has 0 aliphatic rings. The first-order valence-electron chi connectivity index (χ1n) is 9.76. The van der Waals surface area contributed by atoms with Gasteiger partial charge in [0, 0.05) is 8.95 Å². The first-order valence-corrected chi connectivity index (χ1v) is 11.4. The molecule has 9 nitrogen and oxygen atoms in total. The monoisotopic (exact) mass is 614 g/mol. The zero-order chi connectivity index (χ0) is 25.5. The molecule has 0 fully saturated rings. The molecule has 35 heavy (non-hydrogen) atoms. The first-order chi connectivity index (χ1) is 17.0. The van der Waals surface area contributed by atoms with Crippen LogP contribution in [0, 0.1) is 0 Å². The molecule has 11 heteroatoms. The Morgan fingerprint density at radius 3 is 0.943 bits per heavy atom. The highest BCUT2D eigenvalue weighted by Crippen LogP contribution is 2.49. The molecule has 0 saturated carbocycles. The third-order valence-corrected chi connectivity index (χ3v) is 4.64. The predicted octanol–water partition coefficient (Wildman–Crippen LogP) is 6.99. The van der Waals surface area contributed by atoms with Gasteiger partial charge >= 0.3 is 0 Å². The molecule has 0 N–H and O–H groups in total. The van der Waals surface area contributed by atoms with Crippen LogP contribution < -0.4 is 23.7 Å². The molecule has 0 amide bonds. The summed E-state index contributed by atoms with van der Waals surface area (Å²) in [5.41, 5.74) is 0. The van der Waals surface area contributed by atoms with Crippen molar-refractivity contribution in [1.82, 2.24) is 0 Å². The van der Waals surface area contributed by atoms with Gasteiger partial charge in [-0.15, -0.1) is 0 Å². The molecule has 0 radical (unpaired) electrons. The number of halogens is 2. The minimum atomic E-state index is 0.207. The third-order valence-electron chi connectivity index (χ3n) is 3.72. The second-order valence-corrected chi connectivity index (χ2v) is 7.90. The molecule has 0 aliphatic heterocycles. The summed E-state index contributed by atoms with van der Waals surface area (Å²) in [7, 11) is 5.99. The molecular formula is C24H24Br2O9. The standard InChI is InChI=1S/C24H24Br2O9/c1-27-5-9-31-19-13-17(25)14-20(32-10-6-28-2)23(19)35-24-21(33-11-7-29-3)15-18(26)16-22(24)34-12-8-30-4/h5-16H,1-4H3/b9-5+,10-6+,11-7+,12-8+. The SMILES string of the molecule is CO/C=C/Oc1cc(Br)cc(O/C=C/OC)c1Oc1c(O/C=C/OC)cc(Br)cc1O/C=C/OC. The Kier molecular flexibility index (Phi) is 12.3. The average Bonchev–Trinajstić information content (AvgIpc) is 2.83. The van der Waals surface area contributed by atoms with Gasteiger partial charge in [0.15, 0.2) is 23.0 Å². The smallest absolute Gasteiger partial charge is 0.212 e. The molecule has 0 atom stereocenters. The van der Waals surface area contributed by atoms with E-state index in [9.17, 15) is 0 Å². The lowest BCUT2D eigenvalue weighted by Gasteiger charge is -2.18. The van der Waals surface area contributed by atoms with Crippen molar-refractivity contribution in [1.29, 1.82) is 0 Å². The normalized spacial score (nSPS) is 11.3. The van der Waals surface area contributed by atoms with Gasteiger partial charge in [-0.05, 0) is 24.3 Å². The van der Waals surface area contributed by atoms with Crippen LogP contribution in [0.3, 0.4) is 0 Å². The average molecular weight is 616 g/mol. The first kappa shape index (κ1) is 27.8. The molecule has 0 saturated heterocycles. The Bertz CT molecular complexity index is 907. The van der Waals surface area contributed by atoms with Crippen molar-refractivity contribution in [2.75, 3.05) is 28.4 Å². The third kappa shape index (κ3) is 9.02. The van der Waals surface area contributed by atoms with Crippen LogP contribution in [0.2, 0.25) is 0 Å². The maximum absolute atomic E-state index is 6.30. The highest BCUT2D eigenvalue weighted by atomic mass is 79.9. The minimum Gasteiger partial charge on any atom is -0.501 e. The fourth-order valence-electron chi connectivity index (χ4n) is 2.37. The molecule has 0 aromatic heterocycles. The summed E-state index contributed by atoms with van der Waals surface area (Å²) in [6.45, 7) is 0. The lowest BCUT2D eigenvalue weighted by atomic mass is 10.2. The Hall–Kier alpha value is -3.44. The number of benzene rings is 2. The van der Waals surface area contributed by atoms with Gasteiger partial charge in [-0.1, -0.05) is 31.9 Å². The van der Waals surface area contributed by atoms with Crippen molar-refractivity contribution in [3.63, 3.8) is 0 Å². The van der Waals surface area contributed by atoms with Gasteiger partial charge in [-0.25, -0.2) is 0 Å². The minimum absolute atomic E-state index is 0.207. The van der Waals surface area contributed by atoms with Crippen molar-refractivity contribution in [3.8, 4) is 34.5 Å². The van der Waals surface area contributed by atoms with E-state index in [2.05, 4.69) is 31.9 Å². The highest BCUT2D eigenvalue weighted by molar-refractivity contribution is 9.10. The number of hydrogen-bond acceptors (Lipinski definition) is 9. The quantitative estimate of drug-likeness (QED) is 0.209. The lowest BCUT2D eigenvalue weighted by molar-refractivity contribution is 0.302. The van der Waals surface area contributed by atoms with Crippen LogP contribution in [-0.2, 0) is 18.9 Å². The lowest BCUT2D eigenvalue weighted by Crippen LogP contribution is -1.98. The van der Waals surface area contributed by atoms with Crippen LogP contribution in [0.25, 0.3) is 0 Å². The van der Waals surface area contributed by atoms with Gasteiger partial charge in [-0.3, -0.25) is 0 Å².